The minimum Gasteiger partial charge on any atom is -0.338 e. The highest BCUT2D eigenvalue weighted by Gasteiger charge is 2.26. The van der Waals surface area contributed by atoms with E-state index in [9.17, 15) is 4.79 Å². The quantitative estimate of drug-likeness (QED) is 0.512. The molecule has 146 valence electrons. The highest BCUT2D eigenvalue weighted by Crippen LogP contribution is 2.24. The van der Waals surface area contributed by atoms with Crippen LogP contribution in [0.5, 0.6) is 0 Å². The molecule has 0 radical (unpaired) electrons. The Hall–Kier alpha value is -1.78. The van der Waals surface area contributed by atoms with Crippen molar-refractivity contribution in [2.75, 3.05) is 18.4 Å². The van der Waals surface area contributed by atoms with Crippen molar-refractivity contribution in [2.24, 2.45) is 5.92 Å². The number of hydrogen-bond acceptors (Lipinski definition) is 6. The average Bonchev–Trinajstić information content (AvgIpc) is 3.36. The number of rotatable bonds is 5. The largest absolute Gasteiger partial charge is 0.338 e. The molecule has 1 aliphatic heterocycles. The maximum absolute atomic E-state index is 12.6. The molecular formula is C20H21IN4O2S. The predicted octanol–water partition coefficient (Wildman–Crippen LogP) is 4.56. The number of aryl methyl sites for hydroxylation is 1. The lowest BCUT2D eigenvalue weighted by Crippen LogP contribution is -2.37. The standard InChI is InChI=1S/C20H21IN4O2S/c1-13-11-15(21)4-5-16(13)22-20(26)14-6-8-25(9-7-14)12-18-23-19(24-27-18)17-3-2-10-28-17/h2-5,10-11,14H,6-9,12H2,1H3,(H,22,26). The molecule has 2 aromatic heterocycles. The van der Waals surface area contributed by atoms with Crippen molar-refractivity contribution in [1.29, 1.82) is 0 Å². The number of carbonyl (C=O) groups excluding carboxylic acids is 1. The van der Waals surface area contributed by atoms with Crippen molar-refractivity contribution >= 4 is 45.5 Å². The van der Waals surface area contributed by atoms with Crippen LogP contribution in [0, 0.1) is 16.4 Å². The van der Waals surface area contributed by atoms with E-state index in [4.69, 9.17) is 4.52 Å². The Bertz CT molecular complexity index is 949. The summed E-state index contributed by atoms with van der Waals surface area (Å²) in [6.45, 7) is 4.35. The van der Waals surface area contributed by atoms with Crippen LogP contribution in [0.1, 0.15) is 24.3 Å². The normalized spacial score (nSPS) is 15.6. The van der Waals surface area contributed by atoms with Gasteiger partial charge in [-0.15, -0.1) is 11.3 Å². The Kier molecular flexibility index (Phi) is 6.07. The SMILES string of the molecule is Cc1cc(I)ccc1NC(=O)C1CCN(Cc2nc(-c3cccs3)no2)CC1. The summed E-state index contributed by atoms with van der Waals surface area (Å²) in [4.78, 5) is 20.4. The zero-order valence-electron chi connectivity index (χ0n) is 15.5. The Balaban J connectivity index is 1.29. The first-order chi connectivity index (χ1) is 13.6. The maximum Gasteiger partial charge on any atom is 0.241 e. The second-order valence-electron chi connectivity index (χ2n) is 6.99. The lowest BCUT2D eigenvalue weighted by atomic mass is 9.95. The number of nitrogens with one attached hydrogen (secondary N) is 1. The van der Waals surface area contributed by atoms with Gasteiger partial charge in [0, 0.05) is 15.2 Å². The van der Waals surface area contributed by atoms with Crippen LogP contribution in [0.3, 0.4) is 0 Å². The Morgan fingerprint density at radius 1 is 1.36 bits per heavy atom. The molecule has 6 nitrogen and oxygen atoms in total. The molecule has 8 heteroatoms. The number of anilines is 1. The van der Waals surface area contributed by atoms with Crippen molar-refractivity contribution in [3.8, 4) is 10.7 Å². The first-order valence-electron chi connectivity index (χ1n) is 9.24. The zero-order valence-corrected chi connectivity index (χ0v) is 18.5. The number of hydrogen-bond donors (Lipinski definition) is 1. The van der Waals surface area contributed by atoms with E-state index in [1.807, 2.05) is 36.6 Å². The van der Waals surface area contributed by atoms with E-state index in [2.05, 4.69) is 49.0 Å². The summed E-state index contributed by atoms with van der Waals surface area (Å²) in [6.07, 6.45) is 1.67. The van der Waals surface area contributed by atoms with Gasteiger partial charge in [-0.25, -0.2) is 0 Å². The topological polar surface area (TPSA) is 71.3 Å². The van der Waals surface area contributed by atoms with Crippen molar-refractivity contribution in [2.45, 2.75) is 26.3 Å². The number of aromatic nitrogens is 2. The van der Waals surface area contributed by atoms with E-state index in [-0.39, 0.29) is 11.8 Å². The van der Waals surface area contributed by atoms with E-state index in [1.165, 1.54) is 3.57 Å². The van der Waals surface area contributed by atoms with Crippen LogP contribution in [-0.4, -0.2) is 34.0 Å². The number of likely N-dealkylation sites (tertiary alicyclic amines) is 1. The third kappa shape index (κ3) is 4.61. The van der Waals surface area contributed by atoms with E-state index >= 15 is 0 Å². The summed E-state index contributed by atoms with van der Waals surface area (Å²) < 4.78 is 6.56. The summed E-state index contributed by atoms with van der Waals surface area (Å²) >= 11 is 3.88. The lowest BCUT2D eigenvalue weighted by Gasteiger charge is -2.30. The molecule has 3 aromatic rings. The molecule has 0 spiro atoms. The Morgan fingerprint density at radius 2 is 2.18 bits per heavy atom. The van der Waals surface area contributed by atoms with Crippen LogP contribution in [0.15, 0.2) is 40.2 Å². The number of halogens is 1. The molecule has 0 unspecified atom stereocenters. The lowest BCUT2D eigenvalue weighted by molar-refractivity contribution is -0.121. The van der Waals surface area contributed by atoms with Crippen LogP contribution in [0.4, 0.5) is 5.69 Å². The number of carbonyl (C=O) groups is 1. The van der Waals surface area contributed by atoms with Crippen LogP contribution < -0.4 is 5.32 Å². The van der Waals surface area contributed by atoms with E-state index in [0.29, 0.717) is 18.3 Å². The van der Waals surface area contributed by atoms with Crippen molar-refractivity contribution in [1.82, 2.24) is 15.0 Å². The maximum atomic E-state index is 12.6. The van der Waals surface area contributed by atoms with Gasteiger partial charge in [-0.05, 0) is 90.7 Å². The number of amides is 1. The van der Waals surface area contributed by atoms with Gasteiger partial charge in [0.05, 0.1) is 11.4 Å². The van der Waals surface area contributed by atoms with Crippen molar-refractivity contribution < 1.29 is 9.32 Å². The first kappa shape index (κ1) is 19.5. The zero-order chi connectivity index (χ0) is 19.5. The fourth-order valence-electron chi connectivity index (χ4n) is 3.37. The Morgan fingerprint density at radius 3 is 2.89 bits per heavy atom. The second-order valence-corrected chi connectivity index (χ2v) is 9.18. The predicted molar refractivity (Wildman–Crippen MR) is 118 cm³/mol. The monoisotopic (exact) mass is 508 g/mol. The molecule has 28 heavy (non-hydrogen) atoms. The molecule has 3 heterocycles. The molecule has 0 aliphatic carbocycles. The molecule has 1 fully saturated rings. The highest BCUT2D eigenvalue weighted by atomic mass is 127. The molecule has 1 saturated heterocycles. The molecule has 1 aromatic carbocycles. The molecule has 1 aliphatic rings. The van der Waals surface area contributed by atoms with Gasteiger partial charge < -0.3 is 9.84 Å². The molecular weight excluding hydrogens is 487 g/mol. The second kappa shape index (κ2) is 8.71. The van der Waals surface area contributed by atoms with Crippen LogP contribution in [0.2, 0.25) is 0 Å². The molecule has 1 amide bonds. The van der Waals surface area contributed by atoms with Crippen LogP contribution in [0.25, 0.3) is 10.7 Å². The minimum absolute atomic E-state index is 0.0410. The fraction of sp³-hybridized carbons (Fsp3) is 0.350. The summed E-state index contributed by atoms with van der Waals surface area (Å²) in [7, 11) is 0. The van der Waals surface area contributed by atoms with Gasteiger partial charge in [-0.3, -0.25) is 9.69 Å². The van der Waals surface area contributed by atoms with Gasteiger partial charge in [0.25, 0.3) is 0 Å². The van der Waals surface area contributed by atoms with Gasteiger partial charge in [0.2, 0.25) is 17.6 Å². The van der Waals surface area contributed by atoms with Crippen molar-refractivity contribution in [3.63, 3.8) is 0 Å². The molecule has 4 rings (SSSR count). The van der Waals surface area contributed by atoms with Crippen LogP contribution in [-0.2, 0) is 11.3 Å². The van der Waals surface area contributed by atoms with Gasteiger partial charge in [-0.2, -0.15) is 4.98 Å². The third-order valence-electron chi connectivity index (χ3n) is 4.97. The van der Waals surface area contributed by atoms with E-state index in [1.54, 1.807) is 11.3 Å². The van der Waals surface area contributed by atoms with E-state index < -0.39 is 0 Å². The molecule has 0 saturated carbocycles. The minimum atomic E-state index is 0.0410. The average molecular weight is 508 g/mol. The van der Waals surface area contributed by atoms with Gasteiger partial charge in [0.15, 0.2) is 0 Å². The number of nitrogens with zero attached hydrogens (tertiary/aromatic N) is 3. The Labute approximate surface area is 181 Å². The number of piperidine rings is 1. The summed E-state index contributed by atoms with van der Waals surface area (Å²) in [6, 6.07) is 10.0. The van der Waals surface area contributed by atoms with Gasteiger partial charge in [0.1, 0.15) is 0 Å². The molecule has 1 N–H and O–H groups in total. The summed E-state index contributed by atoms with van der Waals surface area (Å²) in [5.74, 6) is 1.42. The van der Waals surface area contributed by atoms with Gasteiger partial charge in [-0.1, -0.05) is 11.2 Å². The summed E-state index contributed by atoms with van der Waals surface area (Å²) in [5.41, 5.74) is 2.00. The molecule has 0 atom stereocenters. The van der Waals surface area contributed by atoms with Gasteiger partial charge >= 0.3 is 0 Å². The smallest absolute Gasteiger partial charge is 0.241 e. The third-order valence-corrected chi connectivity index (χ3v) is 6.51. The highest BCUT2D eigenvalue weighted by molar-refractivity contribution is 14.1. The first-order valence-corrected chi connectivity index (χ1v) is 11.2. The number of benzene rings is 1. The van der Waals surface area contributed by atoms with Crippen LogP contribution >= 0.6 is 33.9 Å². The molecule has 0 bridgehead atoms. The van der Waals surface area contributed by atoms with E-state index in [0.717, 1.165) is 42.1 Å². The summed E-state index contributed by atoms with van der Waals surface area (Å²) in [5, 5.41) is 9.15. The fourth-order valence-corrected chi connectivity index (χ4v) is 4.67. The van der Waals surface area contributed by atoms with Crippen molar-refractivity contribution in [3.05, 3.63) is 50.7 Å². The number of thiophene rings is 1.